The number of likely N-dealkylation sites (N-methyl/N-ethyl adjacent to an activating group) is 1. The zero-order valence-electron chi connectivity index (χ0n) is 21.3. The molecule has 3 rings (SSSR count). The molecular weight excluding hydrogens is 490 g/mol. The number of benzene rings is 3. The maximum Gasteiger partial charge on any atom is 0.264 e. The maximum absolute atomic E-state index is 13.8. The number of amides is 2. The molecule has 0 aromatic heterocycles. The van der Waals surface area contributed by atoms with E-state index in [1.165, 1.54) is 17.0 Å². The molecule has 0 bridgehead atoms. The highest BCUT2D eigenvalue weighted by atomic mass is 32.2. The average Bonchev–Trinajstić information content (AvgIpc) is 2.91. The lowest BCUT2D eigenvalue weighted by Gasteiger charge is -2.32. The molecule has 0 radical (unpaired) electrons. The highest BCUT2D eigenvalue weighted by Crippen LogP contribution is 2.32. The van der Waals surface area contributed by atoms with Crippen LogP contribution in [0.1, 0.15) is 26.3 Å². The topological polar surface area (TPSA) is 96.0 Å². The first-order valence-corrected chi connectivity index (χ1v) is 13.6. The quantitative estimate of drug-likeness (QED) is 0.389. The Morgan fingerprint density at radius 3 is 2.11 bits per heavy atom. The zero-order chi connectivity index (χ0) is 26.8. The summed E-state index contributed by atoms with van der Waals surface area (Å²) in [5, 5.41) is 2.75. The first kappa shape index (κ1) is 27.7. The van der Waals surface area contributed by atoms with Crippen molar-refractivity contribution in [2.24, 2.45) is 0 Å². The summed E-state index contributed by atoms with van der Waals surface area (Å²) in [6, 6.07) is 23.1. The highest BCUT2D eigenvalue weighted by Gasteiger charge is 2.33. The van der Waals surface area contributed by atoms with Gasteiger partial charge in [0.1, 0.15) is 18.3 Å². The van der Waals surface area contributed by atoms with Crippen LogP contribution in [0.3, 0.4) is 0 Å². The number of sulfonamides is 1. The van der Waals surface area contributed by atoms with Gasteiger partial charge in [0, 0.05) is 13.1 Å². The Hall–Kier alpha value is -3.85. The third-order valence-corrected chi connectivity index (χ3v) is 7.53. The van der Waals surface area contributed by atoms with Crippen molar-refractivity contribution in [1.29, 1.82) is 0 Å². The summed E-state index contributed by atoms with van der Waals surface area (Å²) in [5.41, 5.74) is 1.06. The van der Waals surface area contributed by atoms with Gasteiger partial charge in [0.2, 0.25) is 11.8 Å². The van der Waals surface area contributed by atoms with Crippen LogP contribution in [0, 0.1) is 0 Å². The monoisotopic (exact) mass is 523 g/mol. The van der Waals surface area contributed by atoms with Gasteiger partial charge in [0.15, 0.2) is 0 Å². The fourth-order valence-corrected chi connectivity index (χ4v) is 5.30. The number of hydrogen-bond acceptors (Lipinski definition) is 5. The maximum atomic E-state index is 13.8. The van der Waals surface area contributed by atoms with Gasteiger partial charge < -0.3 is 15.0 Å². The first-order chi connectivity index (χ1) is 17.8. The van der Waals surface area contributed by atoms with Crippen LogP contribution in [0.2, 0.25) is 0 Å². The minimum Gasteiger partial charge on any atom is -0.492 e. The molecule has 0 aliphatic carbocycles. The van der Waals surface area contributed by atoms with Crippen LogP contribution in [-0.4, -0.2) is 50.9 Å². The van der Waals surface area contributed by atoms with Crippen molar-refractivity contribution in [2.75, 3.05) is 24.0 Å². The van der Waals surface area contributed by atoms with Gasteiger partial charge in [-0.25, -0.2) is 8.42 Å². The highest BCUT2D eigenvalue weighted by molar-refractivity contribution is 7.92. The number of para-hydroxylation sites is 2. The summed E-state index contributed by atoms with van der Waals surface area (Å²) in [6.07, 6.45) is 0. The van der Waals surface area contributed by atoms with Crippen LogP contribution < -0.4 is 14.4 Å². The summed E-state index contributed by atoms with van der Waals surface area (Å²) in [6.45, 7) is 5.59. The van der Waals surface area contributed by atoms with Gasteiger partial charge >= 0.3 is 0 Å². The van der Waals surface area contributed by atoms with Gasteiger partial charge in [-0.05, 0) is 50.6 Å². The molecule has 37 heavy (non-hydrogen) atoms. The molecular formula is C28H33N3O5S. The van der Waals surface area contributed by atoms with E-state index in [4.69, 9.17) is 4.74 Å². The normalized spacial score (nSPS) is 11.9. The van der Waals surface area contributed by atoms with E-state index in [-0.39, 0.29) is 23.0 Å². The predicted molar refractivity (Wildman–Crippen MR) is 144 cm³/mol. The molecule has 9 heteroatoms. The van der Waals surface area contributed by atoms with Gasteiger partial charge in [0.05, 0.1) is 17.2 Å². The van der Waals surface area contributed by atoms with Crippen molar-refractivity contribution in [3.63, 3.8) is 0 Å². The number of nitrogens with one attached hydrogen (secondary N) is 1. The van der Waals surface area contributed by atoms with Crippen molar-refractivity contribution in [3.8, 4) is 5.75 Å². The smallest absolute Gasteiger partial charge is 0.264 e. The van der Waals surface area contributed by atoms with E-state index in [1.807, 2.05) is 30.3 Å². The van der Waals surface area contributed by atoms with Crippen LogP contribution in [0.4, 0.5) is 5.69 Å². The second-order valence-electron chi connectivity index (χ2n) is 8.30. The minimum atomic E-state index is -4.15. The molecule has 1 atom stereocenters. The van der Waals surface area contributed by atoms with Crippen molar-refractivity contribution >= 4 is 27.5 Å². The second-order valence-corrected chi connectivity index (χ2v) is 10.2. The summed E-state index contributed by atoms with van der Waals surface area (Å²) in [4.78, 5) is 28.0. The Bertz CT molecular complexity index is 1280. The lowest BCUT2D eigenvalue weighted by molar-refractivity contribution is -0.139. The zero-order valence-corrected chi connectivity index (χ0v) is 22.1. The van der Waals surface area contributed by atoms with E-state index in [1.54, 1.807) is 63.2 Å². The molecule has 2 amide bonds. The molecule has 0 aliphatic rings. The molecule has 0 aliphatic heterocycles. The molecule has 0 spiro atoms. The number of carbonyl (C=O) groups is 2. The van der Waals surface area contributed by atoms with E-state index in [9.17, 15) is 18.0 Å². The third kappa shape index (κ3) is 6.89. The van der Waals surface area contributed by atoms with Crippen LogP contribution in [0.25, 0.3) is 0 Å². The lowest BCUT2D eigenvalue weighted by atomic mass is 10.1. The molecule has 8 nitrogen and oxygen atoms in total. The van der Waals surface area contributed by atoms with Crippen LogP contribution >= 0.6 is 0 Å². The number of anilines is 1. The van der Waals surface area contributed by atoms with E-state index >= 15 is 0 Å². The van der Waals surface area contributed by atoms with Crippen molar-refractivity contribution in [3.05, 3.63) is 90.5 Å². The Morgan fingerprint density at radius 1 is 0.892 bits per heavy atom. The van der Waals surface area contributed by atoms with E-state index in [0.29, 0.717) is 18.9 Å². The summed E-state index contributed by atoms with van der Waals surface area (Å²) in [5.74, 6) is -0.504. The first-order valence-electron chi connectivity index (χ1n) is 12.2. The molecule has 3 aromatic rings. The molecule has 0 saturated carbocycles. The second kappa shape index (κ2) is 12.9. The van der Waals surface area contributed by atoms with Gasteiger partial charge in [0.25, 0.3) is 10.0 Å². The van der Waals surface area contributed by atoms with Crippen molar-refractivity contribution < 1.29 is 22.7 Å². The van der Waals surface area contributed by atoms with Crippen molar-refractivity contribution in [1.82, 2.24) is 10.2 Å². The largest absolute Gasteiger partial charge is 0.492 e. The molecule has 3 aromatic carbocycles. The summed E-state index contributed by atoms with van der Waals surface area (Å²) >= 11 is 0. The number of nitrogens with zero attached hydrogens (tertiary/aromatic N) is 2. The Morgan fingerprint density at radius 2 is 1.49 bits per heavy atom. The predicted octanol–water partition coefficient (Wildman–Crippen LogP) is 3.83. The molecule has 0 unspecified atom stereocenters. The Balaban J connectivity index is 2.06. The number of hydrogen-bond donors (Lipinski definition) is 1. The third-order valence-electron chi connectivity index (χ3n) is 5.76. The number of carbonyl (C=O) groups excluding carboxylic acids is 2. The minimum absolute atomic E-state index is 0.0421. The summed E-state index contributed by atoms with van der Waals surface area (Å²) < 4.78 is 34.4. The van der Waals surface area contributed by atoms with E-state index in [0.717, 1.165) is 9.87 Å². The average molecular weight is 524 g/mol. The number of rotatable bonds is 12. The lowest BCUT2D eigenvalue weighted by Crippen LogP contribution is -2.51. The fourth-order valence-electron chi connectivity index (χ4n) is 3.86. The van der Waals surface area contributed by atoms with Gasteiger partial charge in [-0.3, -0.25) is 13.9 Å². The Labute approximate surface area is 218 Å². The molecule has 196 valence electrons. The molecule has 0 heterocycles. The Kier molecular flexibility index (Phi) is 9.68. The molecule has 1 N–H and O–H groups in total. The number of ether oxygens (including phenoxy) is 1. The van der Waals surface area contributed by atoms with Gasteiger partial charge in [-0.1, -0.05) is 60.7 Å². The van der Waals surface area contributed by atoms with Gasteiger partial charge in [-0.15, -0.1) is 0 Å². The van der Waals surface area contributed by atoms with Crippen molar-refractivity contribution in [2.45, 2.75) is 38.3 Å². The summed E-state index contributed by atoms with van der Waals surface area (Å²) in [7, 11) is -4.15. The molecule has 0 saturated heterocycles. The standard InChI is InChI=1S/C28H33N3O5S/c1-4-29-28(33)22(3)30(20-23-14-8-6-9-15-23)27(32)21-31(25-18-12-13-19-26(25)36-5-2)37(34,35)24-16-10-7-11-17-24/h6-19,22H,4-5,20-21H2,1-3H3,(H,29,33)/t22-/m1/s1. The van der Waals surface area contributed by atoms with E-state index < -0.39 is 28.5 Å². The van der Waals surface area contributed by atoms with Gasteiger partial charge in [-0.2, -0.15) is 0 Å². The van der Waals surface area contributed by atoms with E-state index in [2.05, 4.69) is 5.32 Å². The van der Waals surface area contributed by atoms with Crippen LogP contribution in [0.15, 0.2) is 89.8 Å². The van der Waals surface area contributed by atoms with Crippen LogP contribution in [-0.2, 0) is 26.2 Å². The van der Waals surface area contributed by atoms with Crippen LogP contribution in [0.5, 0.6) is 5.75 Å². The fraction of sp³-hybridized carbons (Fsp3) is 0.286. The molecule has 0 fully saturated rings. The SMILES string of the molecule is CCNC(=O)[C@@H](C)N(Cc1ccccc1)C(=O)CN(c1ccccc1OCC)S(=O)(=O)c1ccccc1.